The van der Waals surface area contributed by atoms with E-state index in [-0.39, 0.29) is 0 Å². The molecule has 1 N–H and O–H groups in total. The molecule has 28 heavy (non-hydrogen) atoms. The Kier molecular flexibility index (Phi) is 7.83. The van der Waals surface area contributed by atoms with E-state index in [0.29, 0.717) is 36.0 Å². The molecule has 0 saturated carbocycles. The summed E-state index contributed by atoms with van der Waals surface area (Å²) in [4.78, 5) is 24.8. The van der Waals surface area contributed by atoms with Crippen LogP contribution in [0.1, 0.15) is 29.8 Å². The number of benzene rings is 2. The van der Waals surface area contributed by atoms with Crippen molar-refractivity contribution < 1.29 is 28.5 Å². The molecular formula is C21H25NO6. The van der Waals surface area contributed by atoms with Crippen molar-refractivity contribution in [1.29, 1.82) is 0 Å². The van der Waals surface area contributed by atoms with E-state index in [4.69, 9.17) is 18.9 Å². The number of methoxy groups -OCH3 is 2. The Bertz CT molecular complexity index is 820. The van der Waals surface area contributed by atoms with E-state index in [2.05, 4.69) is 5.32 Å². The molecule has 7 heteroatoms. The summed E-state index contributed by atoms with van der Waals surface area (Å²) in [5.41, 5.74) is 1.54. The summed E-state index contributed by atoms with van der Waals surface area (Å²) < 4.78 is 21.2. The lowest BCUT2D eigenvalue weighted by Crippen LogP contribution is -2.30. The van der Waals surface area contributed by atoms with Gasteiger partial charge < -0.3 is 24.3 Å². The number of hydrogen-bond acceptors (Lipinski definition) is 6. The third-order valence-electron chi connectivity index (χ3n) is 4.00. The lowest BCUT2D eigenvalue weighted by Gasteiger charge is -2.16. The van der Waals surface area contributed by atoms with Gasteiger partial charge in [0.25, 0.3) is 5.91 Å². The van der Waals surface area contributed by atoms with E-state index in [1.807, 2.05) is 6.92 Å². The van der Waals surface area contributed by atoms with Gasteiger partial charge in [0, 0.05) is 12.2 Å². The van der Waals surface area contributed by atoms with Crippen LogP contribution in [-0.2, 0) is 20.9 Å². The number of anilines is 1. The number of hydrogen-bond donors (Lipinski definition) is 1. The van der Waals surface area contributed by atoms with Gasteiger partial charge in [0.1, 0.15) is 11.5 Å². The van der Waals surface area contributed by atoms with E-state index in [1.54, 1.807) is 49.6 Å². The summed E-state index contributed by atoms with van der Waals surface area (Å²) in [6.07, 6.45) is -0.991. The Morgan fingerprint density at radius 1 is 1.04 bits per heavy atom. The molecule has 0 saturated heterocycles. The van der Waals surface area contributed by atoms with Crippen LogP contribution in [0.15, 0.2) is 42.5 Å². The van der Waals surface area contributed by atoms with Gasteiger partial charge >= 0.3 is 5.97 Å². The zero-order valence-corrected chi connectivity index (χ0v) is 16.5. The highest BCUT2D eigenvalue weighted by Gasteiger charge is 2.21. The van der Waals surface area contributed by atoms with Gasteiger partial charge in [-0.1, -0.05) is 12.1 Å². The van der Waals surface area contributed by atoms with Crippen molar-refractivity contribution in [3.8, 4) is 11.5 Å². The fourth-order valence-electron chi connectivity index (χ4n) is 2.49. The van der Waals surface area contributed by atoms with Crippen LogP contribution < -0.4 is 14.8 Å². The van der Waals surface area contributed by atoms with Crippen LogP contribution in [0.25, 0.3) is 0 Å². The van der Waals surface area contributed by atoms with Crippen LogP contribution in [-0.4, -0.2) is 38.8 Å². The van der Waals surface area contributed by atoms with Gasteiger partial charge in [-0.3, -0.25) is 4.79 Å². The SMILES string of the molecule is CCOCc1cc(C(=O)O[C@@H](C)C(=O)Nc2ccccc2OC)ccc1OC. The first-order chi connectivity index (χ1) is 13.5. The topological polar surface area (TPSA) is 83.1 Å². The molecule has 1 atom stereocenters. The Labute approximate surface area is 164 Å². The number of carbonyl (C=O) groups is 2. The monoisotopic (exact) mass is 387 g/mol. The molecule has 7 nitrogen and oxygen atoms in total. The minimum absolute atomic E-state index is 0.310. The fraction of sp³-hybridized carbons (Fsp3) is 0.333. The van der Waals surface area contributed by atoms with Crippen LogP contribution in [0.3, 0.4) is 0 Å². The standard InChI is InChI=1S/C21H25NO6/c1-5-27-13-16-12-15(10-11-18(16)25-3)21(24)28-14(2)20(23)22-17-8-6-7-9-19(17)26-4/h6-12,14H,5,13H2,1-4H3,(H,22,23)/t14-/m0/s1. The van der Waals surface area contributed by atoms with Gasteiger partial charge in [-0.25, -0.2) is 4.79 Å². The first kappa shape index (κ1) is 21.2. The minimum Gasteiger partial charge on any atom is -0.496 e. The summed E-state index contributed by atoms with van der Waals surface area (Å²) in [5, 5.41) is 2.69. The van der Waals surface area contributed by atoms with Gasteiger partial charge in [0.15, 0.2) is 6.10 Å². The summed E-state index contributed by atoms with van der Waals surface area (Å²) in [6.45, 7) is 4.24. The molecular weight excluding hydrogens is 362 g/mol. The number of ether oxygens (including phenoxy) is 4. The van der Waals surface area contributed by atoms with Crippen LogP contribution >= 0.6 is 0 Å². The molecule has 0 unspecified atom stereocenters. The van der Waals surface area contributed by atoms with Crippen molar-refractivity contribution >= 4 is 17.6 Å². The average Bonchev–Trinajstić information content (AvgIpc) is 2.72. The molecule has 0 spiro atoms. The smallest absolute Gasteiger partial charge is 0.338 e. The third kappa shape index (κ3) is 5.47. The number of para-hydroxylation sites is 2. The molecule has 150 valence electrons. The normalized spacial score (nSPS) is 11.4. The number of amides is 1. The maximum atomic E-state index is 12.5. The largest absolute Gasteiger partial charge is 0.496 e. The molecule has 0 aliphatic heterocycles. The predicted molar refractivity (Wildman–Crippen MR) is 105 cm³/mol. The lowest BCUT2D eigenvalue weighted by atomic mass is 10.1. The Balaban J connectivity index is 2.05. The molecule has 0 aliphatic carbocycles. The highest BCUT2D eigenvalue weighted by molar-refractivity contribution is 5.98. The van der Waals surface area contributed by atoms with Gasteiger partial charge in [0.05, 0.1) is 32.1 Å². The number of rotatable bonds is 9. The van der Waals surface area contributed by atoms with E-state index >= 15 is 0 Å². The van der Waals surface area contributed by atoms with Crippen molar-refractivity contribution in [3.63, 3.8) is 0 Å². The second-order valence-electron chi connectivity index (χ2n) is 5.90. The molecule has 2 aromatic carbocycles. The van der Waals surface area contributed by atoms with Crippen molar-refractivity contribution in [2.45, 2.75) is 26.6 Å². The lowest BCUT2D eigenvalue weighted by molar-refractivity contribution is -0.123. The van der Waals surface area contributed by atoms with Crippen LogP contribution in [0.2, 0.25) is 0 Å². The second-order valence-corrected chi connectivity index (χ2v) is 5.90. The molecule has 2 rings (SSSR count). The Hall–Kier alpha value is -3.06. The highest BCUT2D eigenvalue weighted by atomic mass is 16.5. The zero-order chi connectivity index (χ0) is 20.5. The number of nitrogens with one attached hydrogen (secondary N) is 1. The number of carbonyl (C=O) groups excluding carboxylic acids is 2. The fourth-order valence-corrected chi connectivity index (χ4v) is 2.49. The molecule has 0 aliphatic rings. The Morgan fingerprint density at radius 2 is 1.75 bits per heavy atom. The maximum absolute atomic E-state index is 12.5. The summed E-state index contributed by atoms with van der Waals surface area (Å²) in [7, 11) is 3.06. The average molecular weight is 387 g/mol. The molecule has 0 bridgehead atoms. The molecule has 0 aromatic heterocycles. The van der Waals surface area contributed by atoms with E-state index in [1.165, 1.54) is 14.0 Å². The van der Waals surface area contributed by atoms with Crippen LogP contribution in [0.4, 0.5) is 5.69 Å². The molecule has 2 aromatic rings. The summed E-state index contributed by atoms with van der Waals surface area (Å²) in [5.74, 6) is 0.0704. The minimum atomic E-state index is -0.991. The van der Waals surface area contributed by atoms with E-state index in [0.717, 1.165) is 5.56 Å². The molecule has 1 amide bonds. The number of esters is 1. The van der Waals surface area contributed by atoms with Crippen LogP contribution in [0, 0.1) is 0 Å². The van der Waals surface area contributed by atoms with Crippen molar-refractivity contribution in [2.24, 2.45) is 0 Å². The zero-order valence-electron chi connectivity index (χ0n) is 16.5. The van der Waals surface area contributed by atoms with E-state index < -0.39 is 18.0 Å². The third-order valence-corrected chi connectivity index (χ3v) is 4.00. The van der Waals surface area contributed by atoms with Gasteiger partial charge in [-0.2, -0.15) is 0 Å². The summed E-state index contributed by atoms with van der Waals surface area (Å²) >= 11 is 0. The van der Waals surface area contributed by atoms with Crippen molar-refractivity contribution in [1.82, 2.24) is 0 Å². The molecule has 0 fully saturated rings. The first-order valence-corrected chi connectivity index (χ1v) is 8.89. The maximum Gasteiger partial charge on any atom is 0.338 e. The Morgan fingerprint density at radius 3 is 2.43 bits per heavy atom. The second kappa shape index (κ2) is 10.3. The van der Waals surface area contributed by atoms with Crippen LogP contribution in [0.5, 0.6) is 11.5 Å². The molecule has 0 heterocycles. The van der Waals surface area contributed by atoms with Crippen molar-refractivity contribution in [3.05, 3.63) is 53.6 Å². The highest BCUT2D eigenvalue weighted by Crippen LogP contribution is 2.24. The van der Waals surface area contributed by atoms with E-state index in [9.17, 15) is 9.59 Å². The first-order valence-electron chi connectivity index (χ1n) is 8.89. The molecule has 0 radical (unpaired) electrons. The van der Waals surface area contributed by atoms with Gasteiger partial charge in [-0.15, -0.1) is 0 Å². The van der Waals surface area contributed by atoms with Gasteiger partial charge in [-0.05, 0) is 44.2 Å². The van der Waals surface area contributed by atoms with Crippen molar-refractivity contribution in [2.75, 3.05) is 26.1 Å². The predicted octanol–water partition coefficient (Wildman–Crippen LogP) is 3.42. The summed E-state index contributed by atoms with van der Waals surface area (Å²) in [6, 6.07) is 11.9. The van der Waals surface area contributed by atoms with Gasteiger partial charge in [0.2, 0.25) is 0 Å². The quantitative estimate of drug-likeness (QED) is 0.664.